The first-order valence-electron chi connectivity index (χ1n) is 7.85. The molecular formula is C17H24N2O2. The van der Waals surface area contributed by atoms with Crippen molar-refractivity contribution in [3.63, 3.8) is 0 Å². The number of rotatable bonds is 3. The van der Waals surface area contributed by atoms with E-state index in [4.69, 9.17) is 4.74 Å². The summed E-state index contributed by atoms with van der Waals surface area (Å²) in [5.41, 5.74) is 1.81. The topological polar surface area (TPSA) is 41.6 Å². The molecule has 1 aromatic carbocycles. The van der Waals surface area contributed by atoms with Gasteiger partial charge < -0.3 is 15.0 Å². The van der Waals surface area contributed by atoms with Gasteiger partial charge in [-0.05, 0) is 43.5 Å². The van der Waals surface area contributed by atoms with Crippen LogP contribution in [0.5, 0.6) is 5.75 Å². The van der Waals surface area contributed by atoms with Crippen LogP contribution >= 0.6 is 0 Å². The number of carbonyl (C=O) groups is 1. The molecule has 0 amide bonds. The van der Waals surface area contributed by atoms with E-state index >= 15 is 0 Å². The Morgan fingerprint density at radius 2 is 2.24 bits per heavy atom. The number of nitrogens with one attached hydrogen (secondary N) is 1. The summed E-state index contributed by atoms with van der Waals surface area (Å²) in [5.74, 6) is 1.57. The first-order valence-corrected chi connectivity index (χ1v) is 7.85. The number of carbonyl (C=O) groups excluding carboxylic acids is 1. The summed E-state index contributed by atoms with van der Waals surface area (Å²) in [4.78, 5) is 14.7. The number of anilines is 1. The molecule has 4 nitrogen and oxygen atoms in total. The van der Waals surface area contributed by atoms with E-state index in [1.807, 2.05) is 18.2 Å². The molecule has 2 atom stereocenters. The molecule has 3 rings (SSSR count). The zero-order valence-corrected chi connectivity index (χ0v) is 13.1. The Balaban J connectivity index is 1.84. The first kappa shape index (κ1) is 14.4. The Labute approximate surface area is 126 Å². The summed E-state index contributed by atoms with van der Waals surface area (Å²) in [6, 6.07) is 5.82. The van der Waals surface area contributed by atoms with E-state index in [0.717, 1.165) is 42.9 Å². The largest absolute Gasteiger partial charge is 0.486 e. The summed E-state index contributed by atoms with van der Waals surface area (Å²) < 4.78 is 6.06. The van der Waals surface area contributed by atoms with E-state index < -0.39 is 0 Å². The Kier molecular flexibility index (Phi) is 3.89. The number of fused-ring (bicyclic) bond motifs is 1. The van der Waals surface area contributed by atoms with E-state index in [-0.39, 0.29) is 17.9 Å². The van der Waals surface area contributed by atoms with Gasteiger partial charge in [0.15, 0.2) is 5.78 Å². The minimum absolute atomic E-state index is 0.0127. The van der Waals surface area contributed by atoms with Crippen molar-refractivity contribution in [1.82, 2.24) is 5.32 Å². The molecule has 0 radical (unpaired) electrons. The number of ketones is 1. The number of hydrogen-bond donors (Lipinski definition) is 1. The normalized spacial score (nSPS) is 24.9. The van der Waals surface area contributed by atoms with Gasteiger partial charge in [-0.3, -0.25) is 4.79 Å². The Morgan fingerprint density at radius 1 is 1.43 bits per heavy atom. The number of benzene rings is 1. The van der Waals surface area contributed by atoms with Gasteiger partial charge in [0.05, 0.1) is 18.3 Å². The molecule has 1 aromatic rings. The number of hydrogen-bond acceptors (Lipinski definition) is 4. The van der Waals surface area contributed by atoms with Crippen molar-refractivity contribution < 1.29 is 9.53 Å². The van der Waals surface area contributed by atoms with Crippen LogP contribution in [-0.4, -0.2) is 38.1 Å². The van der Waals surface area contributed by atoms with Crippen LogP contribution in [0.25, 0.3) is 0 Å². The summed E-state index contributed by atoms with van der Waals surface area (Å²) in [6.45, 7) is 6.16. The lowest BCUT2D eigenvalue weighted by Crippen LogP contribution is -2.41. The lowest BCUT2D eigenvalue weighted by atomic mass is 10.00. The number of Topliss-reactive ketones (excluding diaryl/α,β-unsaturated/α-hetero) is 1. The zero-order chi connectivity index (χ0) is 15.0. The maximum absolute atomic E-state index is 12.5. The Bertz CT molecular complexity index is 536. The van der Waals surface area contributed by atoms with Crippen molar-refractivity contribution in [3.8, 4) is 5.75 Å². The predicted octanol–water partition coefficient (Wildman–Crippen LogP) is 2.47. The van der Waals surface area contributed by atoms with E-state index in [1.54, 1.807) is 0 Å². The minimum Gasteiger partial charge on any atom is -0.486 e. The van der Waals surface area contributed by atoms with Crippen LogP contribution in [0.3, 0.4) is 0 Å². The fourth-order valence-electron chi connectivity index (χ4n) is 3.09. The molecule has 0 bridgehead atoms. The summed E-state index contributed by atoms with van der Waals surface area (Å²) in [7, 11) is 2.07. The zero-order valence-electron chi connectivity index (χ0n) is 13.1. The van der Waals surface area contributed by atoms with Crippen LogP contribution in [0.4, 0.5) is 5.69 Å². The van der Waals surface area contributed by atoms with Crippen molar-refractivity contribution in [2.45, 2.75) is 38.8 Å². The third kappa shape index (κ3) is 2.77. The highest BCUT2D eigenvalue weighted by atomic mass is 16.5. The molecule has 2 aliphatic heterocycles. The average Bonchev–Trinajstić information content (AvgIpc) is 3.00. The lowest BCUT2D eigenvalue weighted by Gasteiger charge is -2.36. The number of likely N-dealkylation sites (N-methyl/N-ethyl adjacent to an activating group) is 1. The molecule has 2 aliphatic rings. The molecule has 2 heterocycles. The maximum Gasteiger partial charge on any atom is 0.179 e. The third-order valence-electron chi connectivity index (χ3n) is 4.51. The van der Waals surface area contributed by atoms with Gasteiger partial charge in [-0.15, -0.1) is 0 Å². The van der Waals surface area contributed by atoms with Gasteiger partial charge in [0, 0.05) is 12.6 Å². The highest BCUT2D eigenvalue weighted by molar-refractivity contribution is 6.01. The van der Waals surface area contributed by atoms with E-state index in [9.17, 15) is 4.79 Å². The summed E-state index contributed by atoms with van der Waals surface area (Å²) >= 11 is 0. The maximum atomic E-state index is 12.5. The van der Waals surface area contributed by atoms with Crippen molar-refractivity contribution >= 4 is 11.5 Å². The van der Waals surface area contributed by atoms with Gasteiger partial charge in [0.2, 0.25) is 0 Å². The average molecular weight is 288 g/mol. The van der Waals surface area contributed by atoms with Crippen LogP contribution in [0, 0.1) is 5.92 Å². The quantitative estimate of drug-likeness (QED) is 0.868. The molecule has 0 spiro atoms. The molecule has 0 saturated carbocycles. The van der Waals surface area contributed by atoms with E-state index in [0.29, 0.717) is 5.92 Å². The molecule has 1 saturated heterocycles. The molecule has 114 valence electrons. The highest BCUT2D eigenvalue weighted by Gasteiger charge is 2.28. The third-order valence-corrected chi connectivity index (χ3v) is 4.51. The van der Waals surface area contributed by atoms with Crippen LogP contribution in [0.2, 0.25) is 0 Å². The van der Waals surface area contributed by atoms with Crippen molar-refractivity contribution in [2.75, 3.05) is 25.0 Å². The van der Waals surface area contributed by atoms with Gasteiger partial charge in [-0.1, -0.05) is 13.8 Å². The molecule has 1 N–H and O–H groups in total. The SMILES string of the molecule is CC(C)C1CN(C)c2cc(C(=O)C3CCCN3)ccc2O1. The molecule has 4 heteroatoms. The second-order valence-corrected chi connectivity index (χ2v) is 6.48. The standard InChI is InChI=1S/C17H24N2O2/c1-11(2)16-10-19(3)14-9-12(6-7-15(14)21-16)17(20)13-5-4-8-18-13/h6-7,9,11,13,16,18H,4-5,8,10H2,1-3H3. The molecule has 1 fully saturated rings. The van der Waals surface area contributed by atoms with Gasteiger partial charge in [0.1, 0.15) is 11.9 Å². The highest BCUT2D eigenvalue weighted by Crippen LogP contribution is 2.35. The molecule has 2 unspecified atom stereocenters. The summed E-state index contributed by atoms with van der Waals surface area (Å²) in [5, 5.41) is 3.27. The van der Waals surface area contributed by atoms with E-state index in [1.165, 1.54) is 0 Å². The van der Waals surface area contributed by atoms with Gasteiger partial charge in [0.25, 0.3) is 0 Å². The fourth-order valence-corrected chi connectivity index (χ4v) is 3.09. The van der Waals surface area contributed by atoms with Gasteiger partial charge in [-0.2, -0.15) is 0 Å². The fraction of sp³-hybridized carbons (Fsp3) is 0.588. The van der Waals surface area contributed by atoms with Crippen LogP contribution in [0.1, 0.15) is 37.0 Å². The summed E-state index contributed by atoms with van der Waals surface area (Å²) in [6.07, 6.45) is 2.23. The second-order valence-electron chi connectivity index (χ2n) is 6.48. The molecule has 0 aromatic heterocycles. The van der Waals surface area contributed by atoms with Crippen molar-refractivity contribution in [1.29, 1.82) is 0 Å². The van der Waals surface area contributed by atoms with Crippen LogP contribution < -0.4 is 15.0 Å². The molecule has 21 heavy (non-hydrogen) atoms. The Morgan fingerprint density at radius 3 is 2.90 bits per heavy atom. The van der Waals surface area contributed by atoms with Crippen molar-refractivity contribution in [3.05, 3.63) is 23.8 Å². The number of ether oxygens (including phenoxy) is 1. The lowest BCUT2D eigenvalue weighted by molar-refractivity contribution is 0.0952. The van der Waals surface area contributed by atoms with Gasteiger partial charge in [-0.25, -0.2) is 0 Å². The van der Waals surface area contributed by atoms with Gasteiger partial charge >= 0.3 is 0 Å². The molecular weight excluding hydrogens is 264 g/mol. The van der Waals surface area contributed by atoms with Crippen LogP contribution in [0.15, 0.2) is 18.2 Å². The van der Waals surface area contributed by atoms with E-state index in [2.05, 4.69) is 31.1 Å². The Hall–Kier alpha value is -1.55. The molecule has 0 aliphatic carbocycles. The monoisotopic (exact) mass is 288 g/mol. The van der Waals surface area contributed by atoms with Crippen molar-refractivity contribution in [2.24, 2.45) is 5.92 Å². The first-order chi connectivity index (χ1) is 10.1. The minimum atomic E-state index is -0.0127. The predicted molar refractivity (Wildman–Crippen MR) is 84.3 cm³/mol. The smallest absolute Gasteiger partial charge is 0.179 e. The van der Waals surface area contributed by atoms with Crippen LogP contribution in [-0.2, 0) is 0 Å². The number of nitrogens with zero attached hydrogens (tertiary/aromatic N) is 1. The second kappa shape index (κ2) is 5.68.